The topological polar surface area (TPSA) is 108 Å². The van der Waals surface area contributed by atoms with Crippen molar-refractivity contribution >= 4 is 13.7 Å². The van der Waals surface area contributed by atoms with Crippen LogP contribution in [0.1, 0.15) is 309 Å². The van der Waals surface area contributed by atoms with Crippen LogP contribution in [-0.2, 0) is 18.4 Å². The van der Waals surface area contributed by atoms with Crippen LogP contribution in [0.2, 0.25) is 0 Å². The van der Waals surface area contributed by atoms with Crippen LogP contribution in [-0.4, -0.2) is 68.5 Å². The molecule has 0 radical (unpaired) electrons. The number of amides is 1. The van der Waals surface area contributed by atoms with Gasteiger partial charge in [-0.05, 0) is 51.4 Å². The number of aliphatic hydroxyl groups is 1. The minimum absolute atomic E-state index is 0.0141. The number of hydrogen-bond acceptors (Lipinski definition) is 6. The molecule has 0 heterocycles. The van der Waals surface area contributed by atoms with Gasteiger partial charge in [-0.2, -0.15) is 0 Å². The van der Waals surface area contributed by atoms with Crippen molar-refractivity contribution in [2.45, 2.75) is 321 Å². The summed E-state index contributed by atoms with van der Waals surface area (Å²) in [4.78, 5) is 25.4. The van der Waals surface area contributed by atoms with Crippen LogP contribution in [0.25, 0.3) is 0 Å². The van der Waals surface area contributed by atoms with Crippen molar-refractivity contribution in [3.63, 3.8) is 0 Å². The van der Waals surface area contributed by atoms with Gasteiger partial charge in [-0.15, -0.1) is 0 Å². The molecule has 0 saturated heterocycles. The van der Waals surface area contributed by atoms with E-state index in [1.54, 1.807) is 0 Å². The number of phosphoric ester groups is 1. The fourth-order valence-electron chi connectivity index (χ4n) is 9.46. The second-order valence-corrected chi connectivity index (χ2v) is 24.2. The molecule has 3 atom stereocenters. The number of quaternary nitrogens is 1. The normalized spacial score (nSPS) is 14.0. The number of allylic oxidation sites excluding steroid dienone is 6. The van der Waals surface area contributed by atoms with Crippen LogP contribution < -0.4 is 10.2 Å². The first-order chi connectivity index (χ1) is 35.0. The zero-order valence-corrected chi connectivity index (χ0v) is 49.5. The first-order valence-electron chi connectivity index (χ1n) is 31.3. The van der Waals surface area contributed by atoms with Crippen molar-refractivity contribution in [1.82, 2.24) is 5.32 Å². The largest absolute Gasteiger partial charge is 0.756 e. The van der Waals surface area contributed by atoms with Gasteiger partial charge in [-0.25, -0.2) is 0 Å². The molecule has 0 aromatic rings. The standard InChI is InChI=1S/C63H123N2O6P/c1-6-8-10-12-14-16-17-18-19-20-21-22-23-24-25-26-27-28-29-30-31-32-33-34-35-36-37-38-39-40-41-42-43-44-45-46-47-49-51-53-55-57-63(67)64-61(60-71-72(68,69)70-59-58-65(3,4)5)62(66)56-54-52-50-48-15-13-11-9-7-2/h17-18,20-21,23-24,61-62,66H,6-16,19,22,25-60H2,1-5H3,(H-,64,67,68,69)/b18-17-,21-20-,24-23-. The molecule has 0 fully saturated rings. The van der Waals surface area contributed by atoms with Crippen molar-refractivity contribution in [2.75, 3.05) is 40.9 Å². The van der Waals surface area contributed by atoms with Gasteiger partial charge in [0.25, 0.3) is 7.82 Å². The molecule has 0 bridgehead atoms. The first-order valence-corrected chi connectivity index (χ1v) is 32.8. The second-order valence-electron chi connectivity index (χ2n) is 22.8. The van der Waals surface area contributed by atoms with E-state index in [2.05, 4.69) is 55.6 Å². The summed E-state index contributed by atoms with van der Waals surface area (Å²) in [5.74, 6) is -0.162. The number of carbonyl (C=O) groups excluding carboxylic acids is 1. The molecular weight excluding hydrogens is 912 g/mol. The van der Waals surface area contributed by atoms with E-state index in [0.717, 1.165) is 51.4 Å². The molecule has 8 nitrogen and oxygen atoms in total. The lowest BCUT2D eigenvalue weighted by Crippen LogP contribution is -2.46. The molecule has 3 unspecified atom stereocenters. The molecule has 0 spiro atoms. The lowest BCUT2D eigenvalue weighted by atomic mass is 10.0. The smallest absolute Gasteiger partial charge is 0.268 e. The number of unbranched alkanes of at least 4 members (excludes halogenated alkanes) is 39. The average Bonchev–Trinajstić information content (AvgIpc) is 3.34. The molecule has 426 valence electrons. The minimum atomic E-state index is -4.56. The van der Waals surface area contributed by atoms with Crippen LogP contribution in [0.4, 0.5) is 0 Å². The Labute approximate surface area is 448 Å². The summed E-state index contributed by atoms with van der Waals surface area (Å²) in [7, 11) is 1.31. The fraction of sp³-hybridized carbons (Fsp3) is 0.889. The van der Waals surface area contributed by atoms with Gasteiger partial charge >= 0.3 is 0 Å². The predicted octanol–water partition coefficient (Wildman–Crippen LogP) is 18.7. The number of nitrogens with one attached hydrogen (secondary N) is 1. The highest BCUT2D eigenvalue weighted by molar-refractivity contribution is 7.45. The molecule has 0 aliphatic rings. The van der Waals surface area contributed by atoms with E-state index in [0.29, 0.717) is 23.9 Å². The van der Waals surface area contributed by atoms with E-state index >= 15 is 0 Å². The summed E-state index contributed by atoms with van der Waals surface area (Å²) in [6.45, 7) is 4.71. The third-order valence-corrected chi connectivity index (χ3v) is 15.3. The van der Waals surface area contributed by atoms with Gasteiger partial charge in [0.1, 0.15) is 13.2 Å². The van der Waals surface area contributed by atoms with E-state index in [4.69, 9.17) is 9.05 Å². The number of rotatable bonds is 58. The molecule has 0 aromatic carbocycles. The molecule has 0 aliphatic heterocycles. The maximum atomic E-state index is 12.9. The van der Waals surface area contributed by atoms with Crippen LogP contribution in [0.15, 0.2) is 36.5 Å². The predicted molar refractivity (Wildman–Crippen MR) is 311 cm³/mol. The summed E-state index contributed by atoms with van der Waals surface area (Å²) in [5, 5.41) is 13.9. The van der Waals surface area contributed by atoms with E-state index < -0.39 is 20.0 Å². The van der Waals surface area contributed by atoms with Crippen LogP contribution in [0, 0.1) is 0 Å². The summed E-state index contributed by atoms with van der Waals surface area (Å²) >= 11 is 0. The molecule has 72 heavy (non-hydrogen) atoms. The molecular formula is C63H123N2O6P. The number of aliphatic hydroxyl groups excluding tert-OH is 1. The fourth-order valence-corrected chi connectivity index (χ4v) is 10.2. The third kappa shape index (κ3) is 56.4. The molecule has 0 aromatic heterocycles. The van der Waals surface area contributed by atoms with Crippen molar-refractivity contribution in [3.05, 3.63) is 36.5 Å². The molecule has 9 heteroatoms. The number of carbonyl (C=O) groups is 1. The lowest BCUT2D eigenvalue weighted by Gasteiger charge is -2.30. The monoisotopic (exact) mass is 1030 g/mol. The summed E-state index contributed by atoms with van der Waals surface area (Å²) < 4.78 is 23.3. The van der Waals surface area contributed by atoms with Crippen LogP contribution in [0.3, 0.4) is 0 Å². The zero-order valence-electron chi connectivity index (χ0n) is 48.6. The Bertz CT molecular complexity index is 1270. The summed E-state index contributed by atoms with van der Waals surface area (Å²) in [6, 6.07) is -0.796. The van der Waals surface area contributed by atoms with Gasteiger partial charge in [-0.1, -0.05) is 288 Å². The highest BCUT2D eigenvalue weighted by Gasteiger charge is 2.24. The maximum Gasteiger partial charge on any atom is 0.268 e. The Balaban J connectivity index is 3.74. The number of phosphoric acid groups is 1. The second kappa shape index (κ2) is 54.5. The highest BCUT2D eigenvalue weighted by atomic mass is 31.2. The summed E-state index contributed by atoms with van der Waals surface area (Å²) in [6.07, 6.45) is 71.0. The van der Waals surface area contributed by atoms with Crippen molar-refractivity contribution in [1.29, 1.82) is 0 Å². The Morgan fingerprint density at radius 2 is 0.806 bits per heavy atom. The third-order valence-electron chi connectivity index (χ3n) is 14.4. The van der Waals surface area contributed by atoms with Crippen LogP contribution in [0.5, 0.6) is 0 Å². The van der Waals surface area contributed by atoms with Crippen molar-refractivity contribution in [2.24, 2.45) is 0 Å². The Morgan fingerprint density at radius 1 is 0.486 bits per heavy atom. The number of likely N-dealkylation sites (N-methyl/N-ethyl adjacent to an activating group) is 1. The quantitative estimate of drug-likeness (QED) is 0.0272. The van der Waals surface area contributed by atoms with Crippen molar-refractivity contribution in [3.8, 4) is 0 Å². The molecule has 0 saturated carbocycles. The Hall–Kier alpha value is -1.28. The van der Waals surface area contributed by atoms with Gasteiger partial charge in [0.15, 0.2) is 0 Å². The summed E-state index contributed by atoms with van der Waals surface area (Å²) in [5.41, 5.74) is 0. The zero-order chi connectivity index (χ0) is 52.7. The lowest BCUT2D eigenvalue weighted by molar-refractivity contribution is -0.870. The molecule has 2 N–H and O–H groups in total. The molecule has 1 amide bonds. The van der Waals surface area contributed by atoms with Gasteiger partial charge in [0, 0.05) is 6.42 Å². The molecule has 0 rings (SSSR count). The highest BCUT2D eigenvalue weighted by Crippen LogP contribution is 2.38. The first kappa shape index (κ1) is 70.7. The Morgan fingerprint density at radius 3 is 1.17 bits per heavy atom. The number of nitrogens with zero attached hydrogens (tertiary/aromatic N) is 1. The van der Waals surface area contributed by atoms with E-state index in [1.165, 1.54) is 231 Å². The molecule has 0 aliphatic carbocycles. The van der Waals surface area contributed by atoms with Gasteiger partial charge in [0.2, 0.25) is 5.91 Å². The number of hydrogen-bond donors (Lipinski definition) is 2. The minimum Gasteiger partial charge on any atom is -0.756 e. The van der Waals surface area contributed by atoms with Gasteiger partial charge in [-0.3, -0.25) is 9.36 Å². The van der Waals surface area contributed by atoms with Crippen LogP contribution >= 0.6 is 7.82 Å². The van der Waals surface area contributed by atoms with E-state index in [-0.39, 0.29) is 19.1 Å². The van der Waals surface area contributed by atoms with Gasteiger partial charge < -0.3 is 28.8 Å². The average molecular weight is 1040 g/mol. The van der Waals surface area contributed by atoms with E-state index in [9.17, 15) is 19.4 Å². The SMILES string of the molecule is CCCCCCC/C=C\C/C=C\C/C=C\CCCCCCCCCCCCCCCCCCCCCCCCCCCCC(=O)NC(COP(=O)([O-])OCC[N+](C)(C)C)C(O)CCCCCCCCCCC. The van der Waals surface area contributed by atoms with E-state index in [1.807, 2.05) is 21.1 Å². The van der Waals surface area contributed by atoms with Crippen molar-refractivity contribution < 1.29 is 32.9 Å². The maximum absolute atomic E-state index is 12.9. The Kier molecular flexibility index (Phi) is 53.5. The van der Waals surface area contributed by atoms with Gasteiger partial charge in [0.05, 0.1) is 39.9 Å².